The minimum Gasteiger partial charge on any atom is -0.397 e. The molecule has 0 fully saturated rings. The van der Waals surface area contributed by atoms with Crippen LogP contribution in [0, 0.1) is 6.92 Å². The van der Waals surface area contributed by atoms with Crippen molar-refractivity contribution in [3.05, 3.63) is 17.8 Å². The lowest BCUT2D eigenvalue weighted by molar-refractivity contribution is -0.173. The number of nitrogen functional groups attached to an aromatic ring is 1. The second kappa shape index (κ2) is 6.97. The van der Waals surface area contributed by atoms with Crippen LogP contribution in [0.25, 0.3) is 0 Å². The molecule has 0 saturated carbocycles. The molecule has 0 spiro atoms. The molecule has 1 aromatic heterocycles. The summed E-state index contributed by atoms with van der Waals surface area (Å²) in [6, 6.07) is 3.46. The van der Waals surface area contributed by atoms with Crippen LogP contribution in [-0.4, -0.2) is 30.2 Å². The summed E-state index contributed by atoms with van der Waals surface area (Å²) in [4.78, 5) is 14.7. The van der Waals surface area contributed by atoms with Gasteiger partial charge in [-0.25, -0.2) is 4.98 Å². The minimum atomic E-state index is -4.82. The number of hydrogen-bond donors (Lipinski definition) is 3. The van der Waals surface area contributed by atoms with Crippen LogP contribution >= 0.6 is 0 Å². The van der Waals surface area contributed by atoms with Crippen molar-refractivity contribution in [2.24, 2.45) is 0 Å². The second-order valence-corrected chi connectivity index (χ2v) is 4.26. The first-order valence-electron chi connectivity index (χ1n) is 6.12. The summed E-state index contributed by atoms with van der Waals surface area (Å²) in [7, 11) is 0. The fraction of sp³-hybridized carbons (Fsp3) is 0.500. The number of nitrogens with two attached hydrogens (primary N) is 1. The van der Waals surface area contributed by atoms with Crippen LogP contribution in [0.3, 0.4) is 0 Å². The van der Waals surface area contributed by atoms with Gasteiger partial charge in [0.25, 0.3) is 0 Å². The predicted molar refractivity (Wildman–Crippen MR) is 70.2 cm³/mol. The van der Waals surface area contributed by atoms with Crippen molar-refractivity contribution in [3.8, 4) is 0 Å². The number of nitrogens with one attached hydrogen (secondary N) is 2. The quantitative estimate of drug-likeness (QED) is 0.698. The minimum absolute atomic E-state index is 0.00574. The third kappa shape index (κ3) is 5.33. The monoisotopic (exact) mass is 290 g/mol. The van der Waals surface area contributed by atoms with Crippen LogP contribution in [0.15, 0.2) is 12.1 Å². The van der Waals surface area contributed by atoms with Crippen molar-refractivity contribution in [1.82, 2.24) is 10.3 Å². The van der Waals surface area contributed by atoms with Gasteiger partial charge in [-0.2, -0.15) is 13.2 Å². The molecule has 0 aliphatic carbocycles. The van der Waals surface area contributed by atoms with Gasteiger partial charge in [-0.05, 0) is 31.9 Å². The third-order valence-corrected chi connectivity index (χ3v) is 2.58. The van der Waals surface area contributed by atoms with Crippen LogP contribution in [0.2, 0.25) is 0 Å². The molecule has 5 nitrogen and oxygen atoms in total. The Hall–Kier alpha value is -1.99. The van der Waals surface area contributed by atoms with Crippen molar-refractivity contribution in [1.29, 1.82) is 0 Å². The average Bonchev–Trinajstić information content (AvgIpc) is 2.36. The molecule has 0 unspecified atom stereocenters. The number of nitrogens with zero attached hydrogens (tertiary/aromatic N) is 1. The topological polar surface area (TPSA) is 80.0 Å². The number of aryl methyl sites for hydroxylation is 1. The zero-order valence-electron chi connectivity index (χ0n) is 11.0. The Morgan fingerprint density at radius 3 is 2.55 bits per heavy atom. The molecule has 4 N–H and O–H groups in total. The molecule has 0 aromatic carbocycles. The van der Waals surface area contributed by atoms with Gasteiger partial charge in [0.1, 0.15) is 5.82 Å². The molecular formula is C12H17F3N4O. The van der Waals surface area contributed by atoms with E-state index in [9.17, 15) is 18.0 Å². The zero-order chi connectivity index (χ0) is 15.2. The average molecular weight is 290 g/mol. The van der Waals surface area contributed by atoms with Gasteiger partial charge in [0.2, 0.25) is 0 Å². The molecule has 20 heavy (non-hydrogen) atoms. The highest BCUT2D eigenvalue weighted by atomic mass is 19.4. The van der Waals surface area contributed by atoms with Crippen LogP contribution in [0.1, 0.15) is 18.5 Å². The largest absolute Gasteiger partial charge is 0.471 e. The normalized spacial score (nSPS) is 11.2. The maximum atomic E-state index is 11.9. The standard InChI is InChI=1S/C12H17F3N4O/c1-8-9(16)4-5-10(19-8)17-6-2-3-7-18-11(20)12(13,14)15/h4-5H,2-3,6-7,16H2,1H3,(H,17,19)(H,18,20). The van der Waals surface area contributed by atoms with Crippen molar-refractivity contribution in [2.75, 3.05) is 24.1 Å². The van der Waals surface area contributed by atoms with Gasteiger partial charge < -0.3 is 16.4 Å². The van der Waals surface area contributed by atoms with E-state index in [1.165, 1.54) is 0 Å². The summed E-state index contributed by atoms with van der Waals surface area (Å²) in [5.41, 5.74) is 6.94. The Morgan fingerprint density at radius 2 is 1.95 bits per heavy atom. The molecule has 1 heterocycles. The molecule has 1 rings (SSSR count). The van der Waals surface area contributed by atoms with E-state index in [1.807, 2.05) is 5.32 Å². The smallest absolute Gasteiger partial charge is 0.397 e. The number of carbonyl (C=O) groups is 1. The van der Waals surface area contributed by atoms with E-state index in [0.29, 0.717) is 36.6 Å². The van der Waals surface area contributed by atoms with E-state index >= 15 is 0 Å². The zero-order valence-corrected chi connectivity index (χ0v) is 11.0. The van der Waals surface area contributed by atoms with Crippen molar-refractivity contribution >= 4 is 17.4 Å². The molecule has 0 radical (unpaired) electrons. The number of aromatic nitrogens is 1. The number of carbonyl (C=O) groups excluding carboxylic acids is 1. The van der Waals surface area contributed by atoms with Gasteiger partial charge in [0, 0.05) is 13.1 Å². The molecule has 112 valence electrons. The number of rotatable bonds is 6. The molecule has 0 saturated heterocycles. The fourth-order valence-corrected chi connectivity index (χ4v) is 1.44. The number of unbranched alkanes of at least 4 members (excludes halogenated alkanes) is 1. The summed E-state index contributed by atoms with van der Waals surface area (Å²) in [6.45, 7) is 2.33. The Kier molecular flexibility index (Phi) is 5.60. The number of anilines is 2. The highest BCUT2D eigenvalue weighted by molar-refractivity contribution is 5.81. The molecule has 0 atom stereocenters. The number of pyridine rings is 1. The van der Waals surface area contributed by atoms with Crippen LogP contribution in [0.4, 0.5) is 24.7 Å². The van der Waals surface area contributed by atoms with Gasteiger partial charge in [-0.15, -0.1) is 0 Å². The Morgan fingerprint density at radius 1 is 1.30 bits per heavy atom. The van der Waals surface area contributed by atoms with E-state index in [0.717, 1.165) is 0 Å². The van der Waals surface area contributed by atoms with Gasteiger partial charge in [0.05, 0.1) is 11.4 Å². The lowest BCUT2D eigenvalue weighted by Gasteiger charge is -2.09. The van der Waals surface area contributed by atoms with Crippen LogP contribution < -0.4 is 16.4 Å². The number of hydrogen-bond acceptors (Lipinski definition) is 4. The first-order chi connectivity index (χ1) is 9.30. The van der Waals surface area contributed by atoms with Crippen LogP contribution in [0.5, 0.6) is 0 Å². The first kappa shape index (κ1) is 16.1. The maximum Gasteiger partial charge on any atom is 0.471 e. The number of halogens is 3. The predicted octanol–water partition coefficient (Wildman–Crippen LogP) is 1.84. The van der Waals surface area contributed by atoms with Crippen molar-refractivity contribution < 1.29 is 18.0 Å². The van der Waals surface area contributed by atoms with Gasteiger partial charge in [-0.3, -0.25) is 4.79 Å². The molecule has 0 aliphatic heterocycles. The lowest BCUT2D eigenvalue weighted by atomic mass is 10.3. The summed E-state index contributed by atoms with van der Waals surface area (Å²) >= 11 is 0. The lowest BCUT2D eigenvalue weighted by Crippen LogP contribution is -2.37. The first-order valence-corrected chi connectivity index (χ1v) is 6.12. The number of amides is 1. The molecular weight excluding hydrogens is 273 g/mol. The van der Waals surface area contributed by atoms with Gasteiger partial charge in [-0.1, -0.05) is 0 Å². The van der Waals surface area contributed by atoms with Gasteiger partial charge >= 0.3 is 12.1 Å². The molecule has 1 aromatic rings. The Balaban J connectivity index is 2.16. The highest BCUT2D eigenvalue weighted by Gasteiger charge is 2.38. The summed E-state index contributed by atoms with van der Waals surface area (Å²) in [5.74, 6) is -1.24. The number of alkyl halides is 3. The van der Waals surface area contributed by atoms with E-state index in [-0.39, 0.29) is 6.54 Å². The molecule has 1 amide bonds. The third-order valence-electron chi connectivity index (χ3n) is 2.58. The van der Waals surface area contributed by atoms with Gasteiger partial charge in [0.15, 0.2) is 0 Å². The van der Waals surface area contributed by atoms with Crippen molar-refractivity contribution in [3.63, 3.8) is 0 Å². The second-order valence-electron chi connectivity index (χ2n) is 4.26. The maximum absolute atomic E-state index is 11.9. The molecule has 0 aliphatic rings. The van der Waals surface area contributed by atoms with E-state index in [1.54, 1.807) is 19.1 Å². The van der Waals surface area contributed by atoms with E-state index < -0.39 is 12.1 Å². The summed E-state index contributed by atoms with van der Waals surface area (Å²) in [5, 5.41) is 4.84. The fourth-order valence-electron chi connectivity index (χ4n) is 1.44. The van der Waals surface area contributed by atoms with Crippen LogP contribution in [-0.2, 0) is 4.79 Å². The summed E-state index contributed by atoms with van der Waals surface area (Å²) < 4.78 is 35.6. The Labute approximate surface area is 114 Å². The summed E-state index contributed by atoms with van der Waals surface area (Å²) in [6.07, 6.45) is -3.75. The van der Waals surface area contributed by atoms with E-state index in [2.05, 4.69) is 10.3 Å². The molecule has 8 heteroatoms. The van der Waals surface area contributed by atoms with E-state index in [4.69, 9.17) is 5.73 Å². The highest BCUT2D eigenvalue weighted by Crippen LogP contribution is 2.14. The molecule has 0 bridgehead atoms. The van der Waals surface area contributed by atoms with Crippen molar-refractivity contribution in [2.45, 2.75) is 25.9 Å². The Bertz CT molecular complexity index is 463. The SMILES string of the molecule is Cc1nc(NCCCCNC(=O)C(F)(F)F)ccc1N.